The molecule has 134 valence electrons. The number of rotatable bonds is 3. The molecule has 2 aromatic carbocycles. The smallest absolute Gasteiger partial charge is 0.151 e. The maximum atomic E-state index is 14.3. The summed E-state index contributed by atoms with van der Waals surface area (Å²) < 4.78 is 30.1. The molecule has 0 fully saturated rings. The Balaban J connectivity index is 1.96. The van der Waals surface area contributed by atoms with Crippen LogP contribution < -0.4 is 5.73 Å². The van der Waals surface area contributed by atoms with E-state index in [1.165, 1.54) is 10.5 Å². The molecular weight excluding hydrogens is 350 g/mol. The molecular formula is C20H14F2N4O. The second-order valence-corrected chi connectivity index (χ2v) is 5.90. The van der Waals surface area contributed by atoms with Gasteiger partial charge in [-0.2, -0.15) is 0 Å². The van der Waals surface area contributed by atoms with Gasteiger partial charge in [0.1, 0.15) is 28.7 Å². The first-order chi connectivity index (χ1) is 13.1. The first kappa shape index (κ1) is 16.7. The van der Waals surface area contributed by atoms with E-state index >= 15 is 0 Å². The van der Waals surface area contributed by atoms with Crippen molar-refractivity contribution in [2.24, 2.45) is 5.16 Å². The lowest BCUT2D eigenvalue weighted by atomic mass is 10.0. The van der Waals surface area contributed by atoms with Crippen LogP contribution in [0.25, 0.3) is 16.9 Å². The average molecular weight is 364 g/mol. The van der Waals surface area contributed by atoms with Crippen molar-refractivity contribution in [2.75, 3.05) is 5.73 Å². The number of oxime groups is 1. The molecule has 0 radical (unpaired) electrons. The summed E-state index contributed by atoms with van der Waals surface area (Å²) in [6.07, 6.45) is 1.59. The maximum absolute atomic E-state index is 14.3. The highest BCUT2D eigenvalue weighted by Crippen LogP contribution is 2.32. The third kappa shape index (κ3) is 2.79. The number of imidazole rings is 1. The van der Waals surface area contributed by atoms with Crippen molar-refractivity contribution in [3.63, 3.8) is 0 Å². The molecule has 2 aromatic heterocycles. The summed E-state index contributed by atoms with van der Waals surface area (Å²) in [7, 11) is 0. The Hall–Kier alpha value is -3.74. The lowest BCUT2D eigenvalue weighted by Crippen LogP contribution is -2.05. The van der Waals surface area contributed by atoms with Crippen molar-refractivity contribution in [1.82, 2.24) is 9.38 Å². The fourth-order valence-electron chi connectivity index (χ4n) is 3.05. The molecule has 0 aliphatic rings. The molecule has 7 heteroatoms. The summed E-state index contributed by atoms with van der Waals surface area (Å²) in [4.78, 5) is 4.18. The van der Waals surface area contributed by atoms with Crippen molar-refractivity contribution < 1.29 is 14.0 Å². The van der Waals surface area contributed by atoms with Gasteiger partial charge in [-0.1, -0.05) is 41.6 Å². The van der Waals surface area contributed by atoms with E-state index in [1.807, 2.05) is 18.2 Å². The summed E-state index contributed by atoms with van der Waals surface area (Å²) in [5, 5.41) is 12.9. The number of anilines is 1. The number of nitrogens with zero attached hydrogens (tertiary/aromatic N) is 3. The molecule has 0 aliphatic heterocycles. The number of pyridine rings is 1. The number of halogens is 2. The van der Waals surface area contributed by atoms with Gasteiger partial charge in [-0.3, -0.25) is 4.40 Å². The predicted octanol–water partition coefficient (Wildman–Crippen LogP) is 4.09. The Morgan fingerprint density at radius 2 is 1.63 bits per heavy atom. The molecule has 0 spiro atoms. The van der Waals surface area contributed by atoms with Gasteiger partial charge < -0.3 is 10.9 Å². The maximum Gasteiger partial charge on any atom is 0.151 e. The van der Waals surface area contributed by atoms with Crippen LogP contribution in [0.2, 0.25) is 0 Å². The molecule has 0 saturated carbocycles. The predicted molar refractivity (Wildman–Crippen MR) is 98.8 cm³/mol. The van der Waals surface area contributed by atoms with Gasteiger partial charge in [0.15, 0.2) is 5.82 Å². The van der Waals surface area contributed by atoms with Gasteiger partial charge in [0, 0.05) is 17.3 Å². The van der Waals surface area contributed by atoms with E-state index in [4.69, 9.17) is 5.73 Å². The molecule has 4 rings (SSSR count). The quantitative estimate of drug-likeness (QED) is 0.327. The zero-order valence-corrected chi connectivity index (χ0v) is 14.0. The number of nitrogen functional groups attached to an aromatic ring is 1. The van der Waals surface area contributed by atoms with Gasteiger partial charge in [0.2, 0.25) is 0 Å². The minimum absolute atomic E-state index is 0.00153. The third-order valence-corrected chi connectivity index (χ3v) is 4.27. The third-order valence-electron chi connectivity index (χ3n) is 4.27. The van der Waals surface area contributed by atoms with E-state index in [0.717, 1.165) is 12.1 Å². The van der Waals surface area contributed by atoms with Crippen LogP contribution >= 0.6 is 0 Å². The van der Waals surface area contributed by atoms with Crippen LogP contribution in [0.15, 0.2) is 72.0 Å². The van der Waals surface area contributed by atoms with Crippen LogP contribution in [0.4, 0.5) is 14.6 Å². The van der Waals surface area contributed by atoms with Crippen LogP contribution in [0.3, 0.4) is 0 Å². The number of hydrogen-bond donors (Lipinski definition) is 2. The molecule has 0 amide bonds. The average Bonchev–Trinajstić information content (AvgIpc) is 2.99. The van der Waals surface area contributed by atoms with Crippen molar-refractivity contribution in [3.8, 4) is 11.3 Å². The van der Waals surface area contributed by atoms with Crippen molar-refractivity contribution in [2.45, 2.75) is 0 Å². The molecule has 2 heterocycles. The van der Waals surface area contributed by atoms with Crippen molar-refractivity contribution in [3.05, 3.63) is 89.6 Å². The molecule has 4 aromatic rings. The Labute approximate surface area is 153 Å². The zero-order valence-electron chi connectivity index (χ0n) is 14.0. The Kier molecular flexibility index (Phi) is 4.04. The molecule has 3 N–H and O–H groups in total. The van der Waals surface area contributed by atoms with E-state index in [0.29, 0.717) is 22.5 Å². The Bertz CT molecular complexity index is 1150. The molecule has 27 heavy (non-hydrogen) atoms. The van der Waals surface area contributed by atoms with Gasteiger partial charge in [-0.25, -0.2) is 13.8 Å². The van der Waals surface area contributed by atoms with Gasteiger partial charge >= 0.3 is 0 Å². The zero-order chi connectivity index (χ0) is 19.0. The van der Waals surface area contributed by atoms with E-state index in [-0.39, 0.29) is 17.1 Å². The summed E-state index contributed by atoms with van der Waals surface area (Å²) in [5.74, 6) is -1.49. The topological polar surface area (TPSA) is 75.9 Å². The molecule has 0 unspecified atom stereocenters. The summed E-state index contributed by atoms with van der Waals surface area (Å²) in [6, 6.07) is 16.0. The monoisotopic (exact) mass is 364 g/mol. The SMILES string of the molecule is Nc1nc2ccc(C(=NO)c3ccccc3)cn2c1-c1c(F)cccc1F. The molecule has 0 saturated heterocycles. The Morgan fingerprint density at radius 3 is 2.30 bits per heavy atom. The van der Waals surface area contributed by atoms with Crippen molar-refractivity contribution in [1.29, 1.82) is 0 Å². The van der Waals surface area contributed by atoms with E-state index < -0.39 is 11.6 Å². The highest BCUT2D eigenvalue weighted by Gasteiger charge is 2.20. The number of aromatic nitrogens is 2. The van der Waals surface area contributed by atoms with Gasteiger partial charge in [0.25, 0.3) is 0 Å². The molecule has 5 nitrogen and oxygen atoms in total. The Morgan fingerprint density at radius 1 is 0.926 bits per heavy atom. The van der Waals surface area contributed by atoms with E-state index in [9.17, 15) is 14.0 Å². The van der Waals surface area contributed by atoms with Crippen LogP contribution in [0, 0.1) is 11.6 Å². The minimum Gasteiger partial charge on any atom is -0.410 e. The lowest BCUT2D eigenvalue weighted by Gasteiger charge is -2.09. The fourth-order valence-corrected chi connectivity index (χ4v) is 3.05. The van der Waals surface area contributed by atoms with Crippen LogP contribution in [-0.4, -0.2) is 20.3 Å². The van der Waals surface area contributed by atoms with Crippen LogP contribution in [0.5, 0.6) is 0 Å². The van der Waals surface area contributed by atoms with E-state index in [2.05, 4.69) is 10.1 Å². The number of hydrogen-bond acceptors (Lipinski definition) is 4. The normalized spacial score (nSPS) is 11.9. The summed E-state index contributed by atoms with van der Waals surface area (Å²) in [5.41, 5.74) is 7.74. The highest BCUT2D eigenvalue weighted by molar-refractivity contribution is 6.12. The second-order valence-electron chi connectivity index (χ2n) is 5.90. The highest BCUT2D eigenvalue weighted by atomic mass is 19.1. The van der Waals surface area contributed by atoms with Crippen LogP contribution in [-0.2, 0) is 0 Å². The number of nitrogens with two attached hydrogens (primary N) is 1. The molecule has 0 aliphatic carbocycles. The van der Waals surface area contributed by atoms with Gasteiger partial charge in [-0.15, -0.1) is 0 Å². The van der Waals surface area contributed by atoms with Gasteiger partial charge in [-0.05, 0) is 24.3 Å². The van der Waals surface area contributed by atoms with Gasteiger partial charge in [0.05, 0.1) is 5.56 Å². The molecule has 0 atom stereocenters. The first-order valence-corrected chi connectivity index (χ1v) is 8.10. The first-order valence-electron chi connectivity index (χ1n) is 8.10. The minimum atomic E-state index is -0.743. The van der Waals surface area contributed by atoms with Crippen LogP contribution in [0.1, 0.15) is 11.1 Å². The molecule has 0 bridgehead atoms. The number of benzene rings is 2. The largest absolute Gasteiger partial charge is 0.410 e. The van der Waals surface area contributed by atoms with E-state index in [1.54, 1.807) is 30.5 Å². The summed E-state index contributed by atoms with van der Waals surface area (Å²) >= 11 is 0. The summed E-state index contributed by atoms with van der Waals surface area (Å²) in [6.45, 7) is 0. The second kappa shape index (κ2) is 6.53. The number of fused-ring (bicyclic) bond motifs is 1. The van der Waals surface area contributed by atoms with Crippen molar-refractivity contribution >= 4 is 17.2 Å². The standard InChI is InChI=1S/C20H14F2N4O/c21-14-7-4-8-15(22)17(14)19-20(23)24-16-10-9-13(11-26(16)19)18(25-27)12-5-2-1-3-6-12/h1-11,27H,23H2. The fraction of sp³-hybridized carbons (Fsp3) is 0. The lowest BCUT2D eigenvalue weighted by molar-refractivity contribution is 0.319.